The molecule has 4 heteroatoms. The van der Waals surface area contributed by atoms with Crippen molar-refractivity contribution in [2.75, 3.05) is 16.8 Å². The summed E-state index contributed by atoms with van der Waals surface area (Å²) in [5, 5.41) is 1.03. The predicted molar refractivity (Wildman–Crippen MR) is 63.6 cm³/mol. The Morgan fingerprint density at radius 1 is 1.36 bits per heavy atom. The molecule has 0 atom stereocenters. The van der Waals surface area contributed by atoms with Gasteiger partial charge in [0.15, 0.2) is 0 Å². The number of rotatable bonds is 6. The van der Waals surface area contributed by atoms with Gasteiger partial charge in [-0.1, -0.05) is 29.3 Å². The van der Waals surface area contributed by atoms with E-state index in [4.69, 9.17) is 0 Å². The molecule has 1 saturated carbocycles. The lowest BCUT2D eigenvalue weighted by Crippen LogP contribution is -2.31. The molecule has 0 aromatic rings. The molecule has 0 spiro atoms. The minimum atomic E-state index is -2.75. The van der Waals surface area contributed by atoms with Gasteiger partial charge in [0.05, 0.1) is 5.75 Å². The molecule has 0 N–H and O–H groups in total. The van der Waals surface area contributed by atoms with Gasteiger partial charge in [-0.15, -0.1) is 0 Å². The third-order valence-corrected chi connectivity index (χ3v) is 6.28. The van der Waals surface area contributed by atoms with Gasteiger partial charge in [-0.25, -0.2) is 8.42 Å². The third-order valence-electron chi connectivity index (χ3n) is 3.30. The Bertz CT molecular complexity index is 262. The Morgan fingerprint density at radius 2 is 2.00 bits per heavy atom. The van der Waals surface area contributed by atoms with Crippen molar-refractivity contribution >= 4 is 25.8 Å². The first-order valence-corrected chi connectivity index (χ1v) is 8.24. The standard InChI is InChI=1S/C10H19BrO2S/c1-2-14(12,13)8-4-7-10(9-11)5-3-6-10/h2-9H2,1H3. The van der Waals surface area contributed by atoms with E-state index in [1.807, 2.05) is 0 Å². The minimum Gasteiger partial charge on any atom is -0.229 e. The van der Waals surface area contributed by atoms with E-state index >= 15 is 0 Å². The molecule has 1 rings (SSSR count). The highest BCUT2D eigenvalue weighted by atomic mass is 79.9. The maximum atomic E-state index is 11.3. The van der Waals surface area contributed by atoms with Crippen LogP contribution in [0.1, 0.15) is 39.0 Å². The van der Waals surface area contributed by atoms with Gasteiger partial charge in [0.2, 0.25) is 0 Å². The molecule has 0 heterocycles. The highest BCUT2D eigenvalue weighted by Gasteiger charge is 2.35. The fraction of sp³-hybridized carbons (Fsp3) is 1.00. The second-order valence-corrected chi connectivity index (χ2v) is 7.36. The number of sulfone groups is 1. The summed E-state index contributed by atoms with van der Waals surface area (Å²) in [5.74, 6) is 0.659. The Kier molecular flexibility index (Phi) is 4.44. The van der Waals surface area contributed by atoms with Crippen LogP contribution in [0.15, 0.2) is 0 Å². The molecule has 2 nitrogen and oxygen atoms in total. The van der Waals surface area contributed by atoms with Crippen LogP contribution in [-0.2, 0) is 9.84 Å². The van der Waals surface area contributed by atoms with E-state index in [0.717, 1.165) is 18.2 Å². The molecule has 0 bridgehead atoms. The normalized spacial score (nSPS) is 20.4. The SMILES string of the molecule is CCS(=O)(=O)CCCC1(CBr)CCC1. The molecular weight excluding hydrogens is 264 g/mol. The fourth-order valence-electron chi connectivity index (χ4n) is 1.94. The van der Waals surface area contributed by atoms with Crippen molar-refractivity contribution in [1.29, 1.82) is 0 Å². The summed E-state index contributed by atoms with van der Waals surface area (Å²) in [6.07, 6.45) is 5.75. The summed E-state index contributed by atoms with van der Waals surface area (Å²) < 4.78 is 22.5. The van der Waals surface area contributed by atoms with E-state index < -0.39 is 9.84 Å². The van der Waals surface area contributed by atoms with Crippen molar-refractivity contribution in [3.05, 3.63) is 0 Å². The summed E-state index contributed by atoms with van der Waals surface area (Å²) in [7, 11) is -2.75. The molecule has 0 unspecified atom stereocenters. The van der Waals surface area contributed by atoms with Gasteiger partial charge in [0.1, 0.15) is 9.84 Å². The Labute approximate surface area is 95.5 Å². The van der Waals surface area contributed by atoms with E-state index in [-0.39, 0.29) is 5.75 Å². The maximum Gasteiger partial charge on any atom is 0.150 e. The van der Waals surface area contributed by atoms with Gasteiger partial charge in [0.25, 0.3) is 0 Å². The van der Waals surface area contributed by atoms with E-state index in [1.54, 1.807) is 6.92 Å². The number of halogens is 1. The zero-order valence-electron chi connectivity index (χ0n) is 8.76. The lowest BCUT2D eigenvalue weighted by molar-refractivity contribution is 0.154. The Balaban J connectivity index is 2.27. The van der Waals surface area contributed by atoms with Gasteiger partial charge < -0.3 is 0 Å². The summed E-state index contributed by atoms with van der Waals surface area (Å²) >= 11 is 3.53. The molecule has 84 valence electrons. The minimum absolute atomic E-state index is 0.286. The summed E-state index contributed by atoms with van der Waals surface area (Å²) in [6.45, 7) is 1.72. The summed E-state index contributed by atoms with van der Waals surface area (Å²) in [6, 6.07) is 0. The second-order valence-electron chi connectivity index (χ2n) is 4.33. The highest BCUT2D eigenvalue weighted by molar-refractivity contribution is 9.09. The molecule has 0 amide bonds. The quantitative estimate of drug-likeness (QED) is 0.702. The fourth-order valence-corrected chi connectivity index (χ4v) is 3.65. The first-order valence-electron chi connectivity index (χ1n) is 5.30. The average Bonchev–Trinajstić information content (AvgIpc) is 2.10. The van der Waals surface area contributed by atoms with Gasteiger partial charge in [-0.05, 0) is 31.1 Å². The summed E-state index contributed by atoms with van der Waals surface area (Å²) in [5.41, 5.74) is 0.434. The van der Waals surface area contributed by atoms with Crippen LogP contribution >= 0.6 is 15.9 Å². The molecule has 0 aromatic heterocycles. The van der Waals surface area contributed by atoms with E-state index in [2.05, 4.69) is 15.9 Å². The van der Waals surface area contributed by atoms with Crippen molar-refractivity contribution in [2.45, 2.75) is 39.0 Å². The van der Waals surface area contributed by atoms with Crippen molar-refractivity contribution in [2.24, 2.45) is 5.41 Å². The van der Waals surface area contributed by atoms with Crippen molar-refractivity contribution < 1.29 is 8.42 Å². The molecule has 1 aliphatic carbocycles. The van der Waals surface area contributed by atoms with Crippen LogP contribution in [0.2, 0.25) is 0 Å². The van der Waals surface area contributed by atoms with Gasteiger partial charge in [-0.2, -0.15) is 0 Å². The van der Waals surface area contributed by atoms with Crippen LogP contribution in [0.5, 0.6) is 0 Å². The third kappa shape index (κ3) is 3.23. The molecule has 1 fully saturated rings. The van der Waals surface area contributed by atoms with Gasteiger partial charge in [-0.3, -0.25) is 0 Å². The number of alkyl halides is 1. The predicted octanol–water partition coefficient (Wildman–Crippen LogP) is 2.77. The molecule has 0 saturated heterocycles. The van der Waals surface area contributed by atoms with Crippen LogP contribution in [0.25, 0.3) is 0 Å². The van der Waals surface area contributed by atoms with Crippen molar-refractivity contribution in [3.8, 4) is 0 Å². The lowest BCUT2D eigenvalue weighted by Gasteiger charge is -2.40. The first kappa shape index (κ1) is 12.5. The molecule has 0 aromatic carbocycles. The second kappa shape index (κ2) is 4.97. The highest BCUT2D eigenvalue weighted by Crippen LogP contribution is 2.46. The average molecular weight is 283 g/mol. The molecule has 0 aliphatic heterocycles. The molecule has 0 radical (unpaired) electrons. The van der Waals surface area contributed by atoms with Crippen LogP contribution in [0.3, 0.4) is 0 Å². The zero-order valence-corrected chi connectivity index (χ0v) is 11.2. The van der Waals surface area contributed by atoms with Gasteiger partial charge >= 0.3 is 0 Å². The van der Waals surface area contributed by atoms with Crippen LogP contribution in [-0.4, -0.2) is 25.3 Å². The Morgan fingerprint density at radius 3 is 2.36 bits per heavy atom. The van der Waals surface area contributed by atoms with E-state index in [0.29, 0.717) is 11.2 Å². The molecular formula is C10H19BrO2S. The maximum absolute atomic E-state index is 11.3. The smallest absolute Gasteiger partial charge is 0.150 e. The molecule has 14 heavy (non-hydrogen) atoms. The largest absolute Gasteiger partial charge is 0.229 e. The van der Waals surface area contributed by atoms with Crippen LogP contribution < -0.4 is 0 Å². The Hall–Kier alpha value is 0.430. The van der Waals surface area contributed by atoms with E-state index in [1.165, 1.54) is 19.3 Å². The summed E-state index contributed by atoms with van der Waals surface area (Å²) in [4.78, 5) is 0. The number of hydrogen-bond donors (Lipinski definition) is 0. The van der Waals surface area contributed by atoms with E-state index in [9.17, 15) is 8.42 Å². The van der Waals surface area contributed by atoms with Crippen molar-refractivity contribution in [3.63, 3.8) is 0 Å². The van der Waals surface area contributed by atoms with Crippen LogP contribution in [0, 0.1) is 5.41 Å². The monoisotopic (exact) mass is 282 g/mol. The lowest BCUT2D eigenvalue weighted by atomic mass is 9.68. The molecule has 1 aliphatic rings. The van der Waals surface area contributed by atoms with Crippen LogP contribution in [0.4, 0.5) is 0 Å². The first-order chi connectivity index (χ1) is 6.54. The number of hydrogen-bond acceptors (Lipinski definition) is 2. The topological polar surface area (TPSA) is 34.1 Å². The zero-order chi connectivity index (χ0) is 10.7. The van der Waals surface area contributed by atoms with Crippen molar-refractivity contribution in [1.82, 2.24) is 0 Å². The van der Waals surface area contributed by atoms with Gasteiger partial charge in [0, 0.05) is 11.1 Å².